The van der Waals surface area contributed by atoms with E-state index >= 15 is 0 Å². The number of nitrogens with zero attached hydrogens (tertiary/aromatic N) is 1. The number of hydrogen-bond donors (Lipinski definition) is 0. The lowest BCUT2D eigenvalue weighted by Gasteiger charge is -2.25. The fourth-order valence-electron chi connectivity index (χ4n) is 3.26. The molecule has 0 spiro atoms. The zero-order valence-corrected chi connectivity index (χ0v) is 11.2. The van der Waals surface area contributed by atoms with Gasteiger partial charge in [-0.1, -0.05) is 32.0 Å². The second-order valence-electron chi connectivity index (χ2n) is 5.65. The smallest absolute Gasteiger partial charge is 0.168 e. The van der Waals surface area contributed by atoms with Gasteiger partial charge in [0.25, 0.3) is 0 Å². The fraction of sp³-hybridized carbons (Fsp3) is 0.438. The molecule has 1 aliphatic rings. The van der Waals surface area contributed by atoms with Gasteiger partial charge in [0.15, 0.2) is 5.78 Å². The predicted octanol–water partition coefficient (Wildman–Crippen LogP) is 3.58. The summed E-state index contributed by atoms with van der Waals surface area (Å²) in [5.41, 5.74) is 3.39. The van der Waals surface area contributed by atoms with E-state index in [4.69, 9.17) is 0 Å². The summed E-state index contributed by atoms with van der Waals surface area (Å²) in [5, 5.41) is 1.13. The summed E-state index contributed by atoms with van der Waals surface area (Å²) in [6.07, 6.45) is 2.02. The van der Waals surface area contributed by atoms with E-state index in [2.05, 4.69) is 37.6 Å². The maximum Gasteiger partial charge on any atom is 0.168 e. The number of carbonyl (C=O) groups is 1. The van der Waals surface area contributed by atoms with Crippen molar-refractivity contribution >= 4 is 16.7 Å². The van der Waals surface area contributed by atoms with Gasteiger partial charge in [0.2, 0.25) is 0 Å². The highest BCUT2D eigenvalue weighted by Crippen LogP contribution is 2.36. The Bertz CT molecular complexity index is 621. The minimum Gasteiger partial charge on any atom is -0.347 e. The Morgan fingerprint density at radius 3 is 2.72 bits per heavy atom. The number of carbonyl (C=O) groups excluding carboxylic acids is 1. The summed E-state index contributed by atoms with van der Waals surface area (Å²) in [4.78, 5) is 12.7. The summed E-state index contributed by atoms with van der Waals surface area (Å²) in [6.45, 7) is 4.30. The van der Waals surface area contributed by atoms with E-state index in [1.807, 2.05) is 12.1 Å². The van der Waals surface area contributed by atoms with Gasteiger partial charge in [-0.15, -0.1) is 0 Å². The molecule has 1 aromatic heterocycles. The van der Waals surface area contributed by atoms with E-state index in [-0.39, 0.29) is 5.92 Å². The highest BCUT2D eigenvalue weighted by Gasteiger charge is 2.33. The van der Waals surface area contributed by atoms with Crippen molar-refractivity contribution in [3.05, 3.63) is 35.5 Å². The molecule has 1 heterocycles. The summed E-state index contributed by atoms with van der Waals surface area (Å²) in [6, 6.07) is 8.24. The Morgan fingerprint density at radius 1 is 1.28 bits per heavy atom. The second kappa shape index (κ2) is 3.98. The van der Waals surface area contributed by atoms with Gasteiger partial charge in [-0.3, -0.25) is 4.79 Å². The maximum absolute atomic E-state index is 12.7. The van der Waals surface area contributed by atoms with E-state index in [1.165, 1.54) is 11.2 Å². The summed E-state index contributed by atoms with van der Waals surface area (Å²) in [7, 11) is 2.07. The van der Waals surface area contributed by atoms with Crippen LogP contribution in [0, 0.1) is 11.8 Å². The van der Waals surface area contributed by atoms with Gasteiger partial charge in [0, 0.05) is 35.1 Å². The third-order valence-corrected chi connectivity index (χ3v) is 4.31. The number of Topliss-reactive ketones (excluding diaryl/α,β-unsaturated/α-hetero) is 1. The average molecular weight is 241 g/mol. The Labute approximate surface area is 108 Å². The number of aromatic nitrogens is 1. The fourth-order valence-corrected chi connectivity index (χ4v) is 3.26. The van der Waals surface area contributed by atoms with E-state index in [0.717, 1.165) is 23.8 Å². The van der Waals surface area contributed by atoms with Crippen LogP contribution in [-0.4, -0.2) is 10.4 Å². The van der Waals surface area contributed by atoms with Gasteiger partial charge in [-0.05, 0) is 24.8 Å². The van der Waals surface area contributed by atoms with Gasteiger partial charge in [-0.25, -0.2) is 0 Å². The quantitative estimate of drug-likeness (QED) is 0.748. The van der Waals surface area contributed by atoms with E-state index < -0.39 is 0 Å². The first-order valence-electron chi connectivity index (χ1n) is 6.71. The highest BCUT2D eigenvalue weighted by atomic mass is 16.1. The number of para-hydroxylation sites is 1. The lowest BCUT2D eigenvalue weighted by Crippen LogP contribution is -2.26. The van der Waals surface area contributed by atoms with Crippen LogP contribution in [0.25, 0.3) is 10.9 Å². The monoisotopic (exact) mass is 241 g/mol. The predicted molar refractivity (Wildman–Crippen MR) is 73.9 cm³/mol. The SMILES string of the molecule is CC(C)C1CCc2c(c3ccccc3n2C)C1=O. The standard InChI is InChI=1S/C16H19NO/c1-10(2)11-8-9-14-15(16(11)18)12-6-4-5-7-13(12)17(14)3/h4-7,10-11H,8-9H2,1-3H3. The first-order valence-corrected chi connectivity index (χ1v) is 6.71. The van der Waals surface area contributed by atoms with E-state index in [1.54, 1.807) is 0 Å². The zero-order chi connectivity index (χ0) is 12.9. The lowest BCUT2D eigenvalue weighted by atomic mass is 9.79. The Kier molecular flexibility index (Phi) is 2.54. The number of hydrogen-bond acceptors (Lipinski definition) is 1. The van der Waals surface area contributed by atoms with Crippen molar-refractivity contribution in [2.45, 2.75) is 26.7 Å². The van der Waals surface area contributed by atoms with Crippen LogP contribution in [0.4, 0.5) is 0 Å². The molecule has 1 atom stereocenters. The minimum absolute atomic E-state index is 0.198. The molecule has 2 nitrogen and oxygen atoms in total. The molecule has 1 aromatic carbocycles. The minimum atomic E-state index is 0.198. The molecule has 0 radical (unpaired) electrons. The number of benzene rings is 1. The first kappa shape index (κ1) is 11.5. The molecule has 0 saturated heterocycles. The number of fused-ring (bicyclic) bond motifs is 3. The Morgan fingerprint density at radius 2 is 2.00 bits per heavy atom. The van der Waals surface area contributed by atoms with Crippen molar-refractivity contribution < 1.29 is 4.79 Å². The normalized spacial score (nSPS) is 19.6. The molecular formula is C16H19NO. The molecule has 0 aliphatic heterocycles. The Balaban J connectivity index is 2.26. The van der Waals surface area contributed by atoms with Gasteiger partial charge < -0.3 is 4.57 Å². The summed E-state index contributed by atoms with van der Waals surface area (Å²) >= 11 is 0. The van der Waals surface area contributed by atoms with Crippen LogP contribution in [0.2, 0.25) is 0 Å². The van der Waals surface area contributed by atoms with Crippen LogP contribution in [0.15, 0.2) is 24.3 Å². The molecule has 1 unspecified atom stereocenters. The number of rotatable bonds is 1. The van der Waals surface area contributed by atoms with Crippen LogP contribution < -0.4 is 0 Å². The third-order valence-electron chi connectivity index (χ3n) is 4.31. The molecule has 0 saturated carbocycles. The van der Waals surface area contributed by atoms with Crippen LogP contribution in [0.5, 0.6) is 0 Å². The van der Waals surface area contributed by atoms with Gasteiger partial charge in [0.1, 0.15) is 0 Å². The Hall–Kier alpha value is -1.57. The number of aryl methyl sites for hydroxylation is 1. The van der Waals surface area contributed by atoms with Crippen LogP contribution in [0.1, 0.15) is 36.3 Å². The molecule has 18 heavy (non-hydrogen) atoms. The van der Waals surface area contributed by atoms with E-state index in [9.17, 15) is 4.79 Å². The van der Waals surface area contributed by atoms with Crippen molar-refractivity contribution in [2.75, 3.05) is 0 Å². The van der Waals surface area contributed by atoms with Gasteiger partial charge >= 0.3 is 0 Å². The highest BCUT2D eigenvalue weighted by molar-refractivity contribution is 6.11. The van der Waals surface area contributed by atoms with Crippen molar-refractivity contribution in [3.63, 3.8) is 0 Å². The molecule has 94 valence electrons. The van der Waals surface area contributed by atoms with Crippen molar-refractivity contribution in [2.24, 2.45) is 18.9 Å². The molecule has 0 amide bonds. The van der Waals surface area contributed by atoms with Gasteiger partial charge in [0.05, 0.1) is 0 Å². The molecule has 3 rings (SSSR count). The molecule has 1 aliphatic carbocycles. The molecule has 2 aromatic rings. The topological polar surface area (TPSA) is 22.0 Å². The van der Waals surface area contributed by atoms with Crippen LogP contribution >= 0.6 is 0 Å². The largest absolute Gasteiger partial charge is 0.347 e. The lowest BCUT2D eigenvalue weighted by molar-refractivity contribution is 0.0865. The number of ketones is 1. The zero-order valence-electron chi connectivity index (χ0n) is 11.2. The molecule has 0 bridgehead atoms. The molecular weight excluding hydrogens is 222 g/mol. The summed E-state index contributed by atoms with van der Waals surface area (Å²) in [5.74, 6) is 0.982. The first-order chi connectivity index (χ1) is 8.61. The van der Waals surface area contributed by atoms with Crippen LogP contribution in [-0.2, 0) is 13.5 Å². The second-order valence-corrected chi connectivity index (χ2v) is 5.65. The maximum atomic E-state index is 12.7. The van der Waals surface area contributed by atoms with Crippen molar-refractivity contribution in [1.82, 2.24) is 4.57 Å². The average Bonchev–Trinajstić information content (AvgIpc) is 2.65. The van der Waals surface area contributed by atoms with Crippen molar-refractivity contribution in [3.8, 4) is 0 Å². The van der Waals surface area contributed by atoms with Crippen molar-refractivity contribution in [1.29, 1.82) is 0 Å². The molecule has 0 fully saturated rings. The third kappa shape index (κ3) is 1.45. The van der Waals surface area contributed by atoms with Gasteiger partial charge in [-0.2, -0.15) is 0 Å². The molecule has 0 N–H and O–H groups in total. The summed E-state index contributed by atoms with van der Waals surface area (Å²) < 4.78 is 2.19. The van der Waals surface area contributed by atoms with E-state index in [0.29, 0.717) is 11.7 Å². The molecule has 2 heteroatoms. The van der Waals surface area contributed by atoms with Crippen LogP contribution in [0.3, 0.4) is 0 Å².